The van der Waals surface area contributed by atoms with Gasteiger partial charge in [-0.1, -0.05) is 0 Å². The van der Waals surface area contributed by atoms with Crippen molar-refractivity contribution in [1.29, 1.82) is 0 Å². The van der Waals surface area contributed by atoms with Crippen LogP contribution in [0.5, 0.6) is 0 Å². The number of carbonyl (C=O) groups is 2. The van der Waals surface area contributed by atoms with Gasteiger partial charge in [0.2, 0.25) is 15.9 Å². The average Bonchev–Trinajstić information content (AvgIpc) is 2.73. The number of esters is 1. The lowest BCUT2D eigenvalue weighted by Gasteiger charge is -2.26. The minimum Gasteiger partial charge on any atom is -0.463 e. The monoisotopic (exact) mass is 459 g/mol. The number of methoxy groups -OCH3 is 1. The van der Waals surface area contributed by atoms with Gasteiger partial charge in [-0.15, -0.1) is 0 Å². The van der Waals surface area contributed by atoms with E-state index in [1.165, 1.54) is 23.5 Å². The highest BCUT2D eigenvalue weighted by Crippen LogP contribution is 2.19. The lowest BCUT2D eigenvalue weighted by atomic mass is 10.3. The molecule has 1 aliphatic rings. The van der Waals surface area contributed by atoms with Crippen molar-refractivity contribution in [1.82, 2.24) is 9.62 Å². The molecule has 0 aliphatic carbocycles. The fraction of sp³-hybridized carbons (Fsp3) is 0.500. The molecule has 0 saturated carbocycles. The van der Waals surface area contributed by atoms with E-state index in [1.807, 2.05) is 0 Å². The Hall–Kier alpha value is -2.12. The Labute approximate surface area is 180 Å². The van der Waals surface area contributed by atoms with Crippen molar-refractivity contribution < 1.29 is 32.2 Å². The number of morpholine rings is 1. The summed E-state index contributed by atoms with van der Waals surface area (Å²) >= 11 is 5.07. The molecule has 1 heterocycles. The van der Waals surface area contributed by atoms with Crippen molar-refractivity contribution in [3.05, 3.63) is 24.3 Å². The molecule has 2 N–H and O–H groups in total. The smallest absolute Gasteiger partial charge is 0.306 e. The van der Waals surface area contributed by atoms with Crippen LogP contribution >= 0.6 is 12.2 Å². The molecular weight excluding hydrogens is 434 g/mol. The molecule has 2 rings (SSSR count). The zero-order valence-corrected chi connectivity index (χ0v) is 18.2. The highest BCUT2D eigenvalue weighted by atomic mass is 32.2. The number of rotatable bonds is 9. The zero-order valence-electron chi connectivity index (χ0n) is 16.6. The first kappa shape index (κ1) is 24.2. The first-order chi connectivity index (χ1) is 14.3. The third-order valence-corrected chi connectivity index (χ3v) is 6.20. The van der Waals surface area contributed by atoms with Crippen molar-refractivity contribution in [3.8, 4) is 0 Å². The lowest BCUT2D eigenvalue weighted by Crippen LogP contribution is -2.40. The third-order valence-electron chi connectivity index (χ3n) is 4.08. The van der Waals surface area contributed by atoms with Crippen LogP contribution in [-0.2, 0) is 33.8 Å². The van der Waals surface area contributed by atoms with Gasteiger partial charge in [-0.25, -0.2) is 8.42 Å². The number of hydrogen-bond acceptors (Lipinski definition) is 8. The van der Waals surface area contributed by atoms with E-state index >= 15 is 0 Å². The van der Waals surface area contributed by atoms with Gasteiger partial charge in [0.25, 0.3) is 0 Å². The predicted octanol–water partition coefficient (Wildman–Crippen LogP) is 0.490. The van der Waals surface area contributed by atoms with Gasteiger partial charge >= 0.3 is 5.97 Å². The number of sulfonamides is 1. The molecule has 1 aromatic rings. The van der Waals surface area contributed by atoms with Crippen LogP contribution in [0.3, 0.4) is 0 Å². The number of nitrogens with one attached hydrogen (secondary N) is 2. The van der Waals surface area contributed by atoms with Crippen molar-refractivity contribution in [2.45, 2.75) is 17.7 Å². The van der Waals surface area contributed by atoms with Gasteiger partial charge in [0.15, 0.2) is 5.11 Å². The number of carbonyl (C=O) groups excluding carboxylic acids is 2. The molecular formula is C18H25N3O7S2. The molecule has 30 heavy (non-hydrogen) atoms. The molecule has 12 heteroatoms. The number of amides is 1. The van der Waals surface area contributed by atoms with Gasteiger partial charge in [0.1, 0.15) is 6.61 Å². The predicted molar refractivity (Wildman–Crippen MR) is 112 cm³/mol. The molecule has 0 radical (unpaired) electrons. The van der Waals surface area contributed by atoms with E-state index in [0.29, 0.717) is 38.6 Å². The topological polar surface area (TPSA) is 123 Å². The number of benzene rings is 1. The molecule has 1 fully saturated rings. The van der Waals surface area contributed by atoms with Crippen LogP contribution < -0.4 is 10.6 Å². The Morgan fingerprint density at radius 3 is 2.43 bits per heavy atom. The van der Waals surface area contributed by atoms with E-state index in [4.69, 9.17) is 26.4 Å². The number of thiocarbonyl (C=S) groups is 1. The van der Waals surface area contributed by atoms with Crippen LogP contribution in [0, 0.1) is 0 Å². The Balaban J connectivity index is 1.80. The van der Waals surface area contributed by atoms with Gasteiger partial charge in [0, 0.05) is 32.3 Å². The summed E-state index contributed by atoms with van der Waals surface area (Å²) in [5, 5.41) is 5.29. The second-order valence-corrected chi connectivity index (χ2v) is 8.60. The maximum Gasteiger partial charge on any atom is 0.306 e. The van der Waals surface area contributed by atoms with Crippen molar-refractivity contribution in [2.75, 3.05) is 51.9 Å². The molecule has 1 saturated heterocycles. The summed E-state index contributed by atoms with van der Waals surface area (Å²) < 4.78 is 41.4. The Morgan fingerprint density at radius 1 is 1.13 bits per heavy atom. The summed E-state index contributed by atoms with van der Waals surface area (Å²) in [4.78, 5) is 23.5. The quantitative estimate of drug-likeness (QED) is 0.308. The number of hydrogen-bond donors (Lipinski definition) is 2. The zero-order chi connectivity index (χ0) is 22.0. The summed E-state index contributed by atoms with van der Waals surface area (Å²) in [6.07, 6.45) is -0.156. The van der Waals surface area contributed by atoms with Crippen LogP contribution in [0.25, 0.3) is 0 Å². The molecule has 0 atom stereocenters. The highest BCUT2D eigenvalue weighted by molar-refractivity contribution is 7.89. The lowest BCUT2D eigenvalue weighted by molar-refractivity contribution is -0.146. The fourth-order valence-corrected chi connectivity index (χ4v) is 4.16. The maximum atomic E-state index is 12.6. The Morgan fingerprint density at radius 2 is 1.80 bits per heavy atom. The number of anilines is 1. The average molecular weight is 460 g/mol. The van der Waals surface area contributed by atoms with Crippen LogP contribution in [-0.4, -0.2) is 76.3 Å². The van der Waals surface area contributed by atoms with Crippen LogP contribution in [0.4, 0.5) is 5.69 Å². The van der Waals surface area contributed by atoms with E-state index in [9.17, 15) is 18.0 Å². The third kappa shape index (κ3) is 7.61. The van der Waals surface area contributed by atoms with E-state index in [2.05, 4.69) is 10.6 Å². The van der Waals surface area contributed by atoms with Gasteiger partial charge in [-0.05, 0) is 36.5 Å². The molecule has 1 aliphatic heterocycles. The molecule has 0 bridgehead atoms. The number of ether oxygens (including phenoxy) is 3. The van der Waals surface area contributed by atoms with Crippen molar-refractivity contribution in [2.24, 2.45) is 0 Å². The Kier molecular flexibility index (Phi) is 9.59. The summed E-state index contributed by atoms with van der Waals surface area (Å²) in [5.74, 6) is -0.944. The summed E-state index contributed by atoms with van der Waals surface area (Å²) in [7, 11) is -2.09. The van der Waals surface area contributed by atoms with Crippen LogP contribution in [0.15, 0.2) is 29.2 Å². The first-order valence-corrected chi connectivity index (χ1v) is 11.1. The normalized spacial score (nSPS) is 14.7. The minimum atomic E-state index is -3.58. The first-order valence-electron chi connectivity index (χ1n) is 9.26. The summed E-state index contributed by atoms with van der Waals surface area (Å²) in [6.45, 7) is 1.80. The van der Waals surface area contributed by atoms with Crippen molar-refractivity contribution in [3.63, 3.8) is 0 Å². The van der Waals surface area contributed by atoms with E-state index in [1.54, 1.807) is 12.1 Å². The van der Waals surface area contributed by atoms with Crippen LogP contribution in [0.1, 0.15) is 12.8 Å². The van der Waals surface area contributed by atoms with E-state index in [-0.39, 0.29) is 29.5 Å². The largest absolute Gasteiger partial charge is 0.463 e. The molecule has 0 spiro atoms. The van der Waals surface area contributed by atoms with Gasteiger partial charge in [0.05, 0.1) is 31.1 Å². The second kappa shape index (κ2) is 11.9. The molecule has 1 amide bonds. The molecule has 1 aromatic carbocycles. The van der Waals surface area contributed by atoms with Gasteiger partial charge in [-0.2, -0.15) is 4.31 Å². The summed E-state index contributed by atoms with van der Waals surface area (Å²) in [6, 6.07) is 6.04. The summed E-state index contributed by atoms with van der Waals surface area (Å²) in [5.41, 5.74) is 0.514. The van der Waals surface area contributed by atoms with Gasteiger partial charge in [-0.3, -0.25) is 9.59 Å². The molecule has 0 aromatic heterocycles. The fourth-order valence-electron chi connectivity index (χ4n) is 2.52. The van der Waals surface area contributed by atoms with E-state index in [0.717, 1.165) is 0 Å². The Bertz CT molecular complexity index is 838. The molecule has 10 nitrogen and oxygen atoms in total. The SMILES string of the molecule is COCCOC(=O)CCC(=O)NC(=S)Nc1ccc(S(=O)(=O)N2CCOCC2)cc1. The standard InChI is InChI=1S/C18H25N3O7S2/c1-26-12-13-28-17(23)7-6-16(22)20-18(29)19-14-2-4-15(5-3-14)30(24,25)21-8-10-27-11-9-21/h2-5H,6-13H2,1H3,(H2,19,20,22,29). The molecule has 0 unspecified atom stereocenters. The van der Waals surface area contributed by atoms with E-state index < -0.39 is 21.9 Å². The van der Waals surface area contributed by atoms with Crippen molar-refractivity contribution >= 4 is 44.9 Å². The second-order valence-electron chi connectivity index (χ2n) is 6.26. The van der Waals surface area contributed by atoms with Gasteiger partial charge < -0.3 is 24.8 Å². The maximum absolute atomic E-state index is 12.6. The highest BCUT2D eigenvalue weighted by Gasteiger charge is 2.26. The minimum absolute atomic E-state index is 0.0385. The van der Waals surface area contributed by atoms with Crippen LogP contribution in [0.2, 0.25) is 0 Å². The molecule has 166 valence electrons. The number of nitrogens with zero attached hydrogens (tertiary/aromatic N) is 1.